The lowest BCUT2D eigenvalue weighted by Crippen LogP contribution is -2.53. The molecule has 0 aromatic rings. The van der Waals surface area contributed by atoms with Crippen LogP contribution in [0.1, 0.15) is 181 Å². The second kappa shape index (κ2) is 29.4. The normalized spacial score (nSPS) is 14.7. The fourth-order valence-corrected chi connectivity index (χ4v) is 5.59. The van der Waals surface area contributed by atoms with E-state index < -0.39 is 36.9 Å². The van der Waals surface area contributed by atoms with E-state index in [1.807, 2.05) is 0 Å². The molecule has 0 heterocycles. The summed E-state index contributed by atoms with van der Waals surface area (Å²) in [7, 11) is 0. The first-order chi connectivity index (χ1) is 19.8. The molecule has 0 saturated heterocycles. The average molecular weight is 586 g/mol. The summed E-state index contributed by atoms with van der Waals surface area (Å²) in [6, 6.07) is -0.977. The summed E-state index contributed by atoms with van der Waals surface area (Å²) < 4.78 is 0. The van der Waals surface area contributed by atoms with Gasteiger partial charge < -0.3 is 25.7 Å². The number of hydrogen-bond acceptors (Lipinski definition) is 5. The van der Waals surface area contributed by atoms with E-state index in [-0.39, 0.29) is 0 Å². The standard InChI is InChI=1S/C35H71NO5/c1-4-5-6-7-8-9-10-11-12-13-14-19-22-25-28-33(39)35(41)36-31(29-37)34(40)32(38)27-24-21-18-16-15-17-20-23-26-30(2)3/h30-34,37-40H,4-29H2,1-3H3,(H,36,41)/t31-,32+,33?,34-/m0/s1. The van der Waals surface area contributed by atoms with Crippen LogP contribution in [0.15, 0.2) is 0 Å². The minimum Gasteiger partial charge on any atom is -0.394 e. The van der Waals surface area contributed by atoms with Crippen molar-refractivity contribution in [2.24, 2.45) is 5.92 Å². The Balaban J connectivity index is 3.82. The van der Waals surface area contributed by atoms with Crippen molar-refractivity contribution in [2.45, 2.75) is 206 Å². The summed E-state index contributed by atoms with van der Waals surface area (Å²) in [6.07, 6.45) is 25.6. The Labute approximate surface area is 254 Å². The van der Waals surface area contributed by atoms with E-state index in [2.05, 4.69) is 26.1 Å². The molecule has 0 radical (unpaired) electrons. The monoisotopic (exact) mass is 586 g/mol. The molecule has 0 fully saturated rings. The van der Waals surface area contributed by atoms with Crippen molar-refractivity contribution in [1.82, 2.24) is 5.32 Å². The third-order valence-electron chi connectivity index (χ3n) is 8.50. The second-order valence-electron chi connectivity index (χ2n) is 13.1. The highest BCUT2D eigenvalue weighted by Gasteiger charge is 2.28. The van der Waals surface area contributed by atoms with Gasteiger partial charge in [-0.1, -0.05) is 168 Å². The molecule has 0 spiro atoms. The largest absolute Gasteiger partial charge is 0.394 e. The first-order valence-electron chi connectivity index (χ1n) is 17.8. The maximum absolute atomic E-state index is 12.4. The van der Waals surface area contributed by atoms with Crippen LogP contribution in [0.2, 0.25) is 0 Å². The topological polar surface area (TPSA) is 110 Å². The number of nitrogens with one attached hydrogen (secondary N) is 1. The van der Waals surface area contributed by atoms with Crippen molar-refractivity contribution in [3.8, 4) is 0 Å². The number of amides is 1. The lowest BCUT2D eigenvalue weighted by atomic mass is 9.99. The number of hydrogen-bond donors (Lipinski definition) is 5. The molecule has 0 saturated carbocycles. The van der Waals surface area contributed by atoms with Crippen LogP contribution in [-0.2, 0) is 4.79 Å². The number of unbranched alkanes of at least 4 members (excludes halogenated alkanes) is 20. The summed E-state index contributed by atoms with van der Waals surface area (Å²) in [5.41, 5.74) is 0. The molecule has 0 aliphatic carbocycles. The molecule has 0 aliphatic heterocycles. The first-order valence-corrected chi connectivity index (χ1v) is 17.8. The predicted molar refractivity (Wildman–Crippen MR) is 173 cm³/mol. The third kappa shape index (κ3) is 25.5. The van der Waals surface area contributed by atoms with E-state index >= 15 is 0 Å². The molecular formula is C35H71NO5. The molecule has 1 amide bonds. The molecule has 4 atom stereocenters. The van der Waals surface area contributed by atoms with E-state index in [1.165, 1.54) is 109 Å². The second-order valence-corrected chi connectivity index (χ2v) is 13.1. The van der Waals surface area contributed by atoms with Gasteiger partial charge >= 0.3 is 0 Å². The van der Waals surface area contributed by atoms with E-state index in [1.54, 1.807) is 0 Å². The van der Waals surface area contributed by atoms with Crippen LogP contribution in [0.3, 0.4) is 0 Å². The molecule has 246 valence electrons. The summed E-state index contributed by atoms with van der Waals surface area (Å²) in [5, 5.41) is 43.3. The zero-order valence-corrected chi connectivity index (χ0v) is 27.5. The quantitative estimate of drug-likeness (QED) is 0.0530. The Hall–Kier alpha value is -0.690. The van der Waals surface area contributed by atoms with Crippen molar-refractivity contribution in [3.63, 3.8) is 0 Å². The molecule has 6 nitrogen and oxygen atoms in total. The highest BCUT2D eigenvalue weighted by Crippen LogP contribution is 2.16. The molecule has 5 N–H and O–H groups in total. The van der Waals surface area contributed by atoms with E-state index in [0.717, 1.165) is 44.4 Å². The first kappa shape index (κ1) is 40.3. The summed E-state index contributed by atoms with van der Waals surface area (Å²) >= 11 is 0. The van der Waals surface area contributed by atoms with Gasteiger partial charge in [-0.15, -0.1) is 0 Å². The van der Waals surface area contributed by atoms with Crippen molar-refractivity contribution >= 4 is 5.91 Å². The molecule has 6 heteroatoms. The smallest absolute Gasteiger partial charge is 0.249 e. The van der Waals surface area contributed by atoms with E-state index in [9.17, 15) is 25.2 Å². The van der Waals surface area contributed by atoms with Gasteiger partial charge in [0.25, 0.3) is 0 Å². The molecule has 41 heavy (non-hydrogen) atoms. The van der Waals surface area contributed by atoms with Crippen molar-refractivity contribution in [1.29, 1.82) is 0 Å². The highest BCUT2D eigenvalue weighted by molar-refractivity contribution is 5.80. The highest BCUT2D eigenvalue weighted by atomic mass is 16.3. The molecule has 0 bridgehead atoms. The Bertz CT molecular complexity index is 559. The maximum Gasteiger partial charge on any atom is 0.249 e. The van der Waals surface area contributed by atoms with Crippen LogP contribution in [0, 0.1) is 5.92 Å². The Kier molecular flexibility index (Phi) is 28.9. The van der Waals surface area contributed by atoms with Crippen molar-refractivity contribution in [2.75, 3.05) is 6.61 Å². The lowest BCUT2D eigenvalue weighted by molar-refractivity contribution is -0.132. The lowest BCUT2D eigenvalue weighted by Gasteiger charge is -2.27. The van der Waals surface area contributed by atoms with Crippen LogP contribution in [0.25, 0.3) is 0 Å². The third-order valence-corrected chi connectivity index (χ3v) is 8.50. The van der Waals surface area contributed by atoms with Crippen LogP contribution in [-0.4, -0.2) is 57.3 Å². The van der Waals surface area contributed by atoms with E-state index in [4.69, 9.17) is 0 Å². The van der Waals surface area contributed by atoms with Crippen LogP contribution in [0.5, 0.6) is 0 Å². The van der Waals surface area contributed by atoms with Gasteiger partial charge in [0.15, 0.2) is 0 Å². The number of carbonyl (C=O) groups is 1. The average Bonchev–Trinajstić information content (AvgIpc) is 2.96. The fourth-order valence-electron chi connectivity index (χ4n) is 5.59. The predicted octanol–water partition coefficient (Wildman–Crippen LogP) is 7.97. The minimum atomic E-state index is -1.25. The maximum atomic E-state index is 12.4. The van der Waals surface area contributed by atoms with Gasteiger partial charge in [-0.3, -0.25) is 4.79 Å². The van der Waals surface area contributed by atoms with Crippen molar-refractivity contribution in [3.05, 3.63) is 0 Å². The van der Waals surface area contributed by atoms with Gasteiger partial charge in [0.2, 0.25) is 5.91 Å². The number of rotatable bonds is 31. The SMILES string of the molecule is CCCCCCCCCCCCCCCCC(O)C(=O)N[C@@H](CO)[C@H](O)[C@H](O)CCCCCCCCCCC(C)C. The number of carbonyl (C=O) groups excluding carboxylic acids is 1. The number of aliphatic hydroxyl groups excluding tert-OH is 4. The van der Waals surface area contributed by atoms with Gasteiger partial charge in [0, 0.05) is 0 Å². The molecular weight excluding hydrogens is 514 g/mol. The Morgan fingerprint density at radius 2 is 0.927 bits per heavy atom. The Morgan fingerprint density at radius 3 is 1.32 bits per heavy atom. The summed E-state index contributed by atoms with van der Waals surface area (Å²) in [6.45, 7) is 6.32. The zero-order valence-electron chi connectivity index (χ0n) is 27.5. The van der Waals surface area contributed by atoms with Crippen LogP contribution >= 0.6 is 0 Å². The van der Waals surface area contributed by atoms with Gasteiger partial charge in [0.1, 0.15) is 12.2 Å². The summed E-state index contributed by atoms with van der Waals surface area (Å²) in [5.74, 6) is 0.206. The minimum absolute atomic E-state index is 0.373. The van der Waals surface area contributed by atoms with Gasteiger partial charge in [-0.2, -0.15) is 0 Å². The van der Waals surface area contributed by atoms with Crippen LogP contribution < -0.4 is 5.32 Å². The number of aliphatic hydroxyl groups is 4. The zero-order chi connectivity index (χ0) is 30.6. The van der Waals surface area contributed by atoms with E-state index in [0.29, 0.717) is 12.8 Å². The molecule has 0 aliphatic rings. The molecule has 0 aromatic carbocycles. The fraction of sp³-hybridized carbons (Fsp3) is 0.971. The van der Waals surface area contributed by atoms with Crippen LogP contribution in [0.4, 0.5) is 0 Å². The Morgan fingerprint density at radius 1 is 0.561 bits per heavy atom. The van der Waals surface area contributed by atoms with Gasteiger partial charge in [-0.05, 0) is 18.8 Å². The van der Waals surface area contributed by atoms with Crippen molar-refractivity contribution < 1.29 is 25.2 Å². The summed E-state index contributed by atoms with van der Waals surface area (Å²) in [4.78, 5) is 12.4. The molecule has 0 aromatic heterocycles. The molecule has 0 rings (SSSR count). The van der Waals surface area contributed by atoms with Gasteiger partial charge in [0.05, 0.1) is 18.8 Å². The molecule has 1 unspecified atom stereocenters. The van der Waals surface area contributed by atoms with Gasteiger partial charge in [-0.25, -0.2) is 0 Å².